The Morgan fingerprint density at radius 2 is 2.17 bits per heavy atom. The average Bonchev–Trinajstić information content (AvgIpc) is 3.05. The molecule has 3 rings (SSSR count). The van der Waals surface area contributed by atoms with E-state index in [-0.39, 0.29) is 17.8 Å². The van der Waals surface area contributed by atoms with E-state index < -0.39 is 0 Å². The fourth-order valence-corrected chi connectivity index (χ4v) is 2.89. The molecule has 1 aromatic heterocycles. The Morgan fingerprint density at radius 3 is 2.91 bits per heavy atom. The Morgan fingerprint density at radius 1 is 1.39 bits per heavy atom. The lowest BCUT2D eigenvalue weighted by Crippen LogP contribution is -2.43. The van der Waals surface area contributed by atoms with Gasteiger partial charge in [0.25, 0.3) is 5.91 Å². The van der Waals surface area contributed by atoms with Gasteiger partial charge in [-0.3, -0.25) is 4.79 Å². The molecule has 0 aliphatic carbocycles. The second kappa shape index (κ2) is 6.96. The lowest BCUT2D eigenvalue weighted by Gasteiger charge is -2.31. The first-order chi connectivity index (χ1) is 11.2. The smallest absolute Gasteiger partial charge is 0.292 e. The van der Waals surface area contributed by atoms with Crippen molar-refractivity contribution in [3.8, 4) is 11.3 Å². The van der Waals surface area contributed by atoms with Crippen molar-refractivity contribution in [3.05, 3.63) is 41.7 Å². The summed E-state index contributed by atoms with van der Waals surface area (Å²) in [5.41, 5.74) is 2.82. The number of carbonyl (C=O) groups is 1. The van der Waals surface area contributed by atoms with Crippen molar-refractivity contribution in [2.75, 3.05) is 19.7 Å². The van der Waals surface area contributed by atoms with Crippen LogP contribution < -0.4 is 0 Å². The molecule has 1 atom stereocenters. The van der Waals surface area contributed by atoms with Crippen LogP contribution in [0.1, 0.15) is 35.9 Å². The average molecular weight is 314 g/mol. The summed E-state index contributed by atoms with van der Waals surface area (Å²) in [6.07, 6.45) is 2.08. The molecule has 1 aliphatic rings. The molecule has 0 spiro atoms. The van der Waals surface area contributed by atoms with Crippen LogP contribution in [-0.2, 0) is 4.74 Å². The summed E-state index contributed by atoms with van der Waals surface area (Å²) in [4.78, 5) is 14.4. The van der Waals surface area contributed by atoms with Crippen LogP contribution in [0.25, 0.3) is 11.3 Å². The van der Waals surface area contributed by atoms with Gasteiger partial charge in [-0.2, -0.15) is 0 Å². The molecule has 1 amide bonds. The van der Waals surface area contributed by atoms with Crippen molar-refractivity contribution in [1.29, 1.82) is 0 Å². The topological polar surface area (TPSA) is 55.6 Å². The fraction of sp³-hybridized carbons (Fsp3) is 0.444. The first-order valence-electron chi connectivity index (χ1n) is 8.12. The van der Waals surface area contributed by atoms with Gasteiger partial charge in [0.1, 0.15) is 5.69 Å². The van der Waals surface area contributed by atoms with E-state index in [4.69, 9.17) is 9.26 Å². The van der Waals surface area contributed by atoms with Gasteiger partial charge in [0, 0.05) is 31.3 Å². The zero-order chi connectivity index (χ0) is 16.2. The monoisotopic (exact) mass is 314 g/mol. The van der Waals surface area contributed by atoms with Crippen LogP contribution in [0.4, 0.5) is 0 Å². The summed E-state index contributed by atoms with van der Waals surface area (Å²) in [6, 6.07) is 9.71. The number of ether oxygens (including phenoxy) is 1. The Bertz CT molecular complexity index is 661. The summed E-state index contributed by atoms with van der Waals surface area (Å²) in [5.74, 6) is 0.179. The van der Waals surface area contributed by atoms with E-state index in [1.807, 2.05) is 38.1 Å². The number of likely N-dealkylation sites (tertiary alicyclic amines) is 1. The summed E-state index contributed by atoms with van der Waals surface area (Å²) in [7, 11) is 0. The predicted molar refractivity (Wildman–Crippen MR) is 87.2 cm³/mol. The molecule has 0 radical (unpaired) electrons. The second-order valence-corrected chi connectivity index (χ2v) is 5.91. The maximum atomic E-state index is 12.6. The van der Waals surface area contributed by atoms with Crippen molar-refractivity contribution < 1.29 is 14.1 Å². The SMILES string of the molecule is CCOC1CCCN(C(=O)c2cc(-c3ccc(C)cc3)no2)C1. The molecule has 0 saturated carbocycles. The van der Waals surface area contributed by atoms with Crippen LogP contribution in [0.2, 0.25) is 0 Å². The minimum atomic E-state index is -0.111. The molecular formula is C18H22N2O3. The van der Waals surface area contributed by atoms with Crippen LogP contribution in [0.15, 0.2) is 34.9 Å². The summed E-state index contributed by atoms with van der Waals surface area (Å²) in [5, 5.41) is 4.03. The lowest BCUT2D eigenvalue weighted by molar-refractivity contribution is 0.00589. The minimum absolute atomic E-state index is 0.111. The fourth-order valence-electron chi connectivity index (χ4n) is 2.89. The van der Waals surface area contributed by atoms with Crippen molar-refractivity contribution in [2.45, 2.75) is 32.8 Å². The molecule has 2 heterocycles. The zero-order valence-electron chi connectivity index (χ0n) is 13.6. The highest BCUT2D eigenvalue weighted by atomic mass is 16.5. The van der Waals surface area contributed by atoms with Gasteiger partial charge >= 0.3 is 0 Å². The number of nitrogens with zero attached hydrogens (tertiary/aromatic N) is 2. The summed E-state index contributed by atoms with van der Waals surface area (Å²) >= 11 is 0. The standard InChI is InChI=1S/C18H22N2O3/c1-3-22-15-5-4-10-20(12-15)18(21)17-11-16(19-23-17)14-8-6-13(2)7-9-14/h6-9,11,15H,3-5,10,12H2,1-2H3. The molecule has 5 nitrogen and oxygen atoms in total. The minimum Gasteiger partial charge on any atom is -0.377 e. The van der Waals surface area contributed by atoms with Crippen LogP contribution in [0, 0.1) is 6.92 Å². The van der Waals surface area contributed by atoms with E-state index in [2.05, 4.69) is 5.16 Å². The van der Waals surface area contributed by atoms with Gasteiger partial charge < -0.3 is 14.2 Å². The Labute approximate surface area is 136 Å². The largest absolute Gasteiger partial charge is 0.377 e. The maximum Gasteiger partial charge on any atom is 0.292 e. The van der Waals surface area contributed by atoms with Gasteiger partial charge in [0.2, 0.25) is 5.76 Å². The van der Waals surface area contributed by atoms with E-state index in [1.165, 1.54) is 5.56 Å². The third-order valence-electron chi connectivity index (χ3n) is 4.14. The summed E-state index contributed by atoms with van der Waals surface area (Å²) < 4.78 is 10.9. The highest BCUT2D eigenvalue weighted by Gasteiger charge is 2.27. The van der Waals surface area contributed by atoms with E-state index in [0.717, 1.165) is 24.9 Å². The van der Waals surface area contributed by atoms with Crippen molar-refractivity contribution in [1.82, 2.24) is 10.1 Å². The molecule has 1 saturated heterocycles. The lowest BCUT2D eigenvalue weighted by atomic mass is 10.1. The molecule has 1 aliphatic heterocycles. The maximum absolute atomic E-state index is 12.6. The highest BCUT2D eigenvalue weighted by Crippen LogP contribution is 2.22. The number of rotatable bonds is 4. The number of aromatic nitrogens is 1. The van der Waals surface area contributed by atoms with Crippen LogP contribution in [0.5, 0.6) is 0 Å². The number of hydrogen-bond donors (Lipinski definition) is 0. The van der Waals surface area contributed by atoms with Crippen LogP contribution >= 0.6 is 0 Å². The van der Waals surface area contributed by atoms with E-state index >= 15 is 0 Å². The molecule has 5 heteroatoms. The van der Waals surface area contributed by atoms with Crippen molar-refractivity contribution in [3.63, 3.8) is 0 Å². The molecule has 0 bridgehead atoms. The molecular weight excluding hydrogens is 292 g/mol. The Kier molecular flexibility index (Phi) is 4.76. The van der Waals surface area contributed by atoms with Crippen molar-refractivity contribution >= 4 is 5.91 Å². The summed E-state index contributed by atoms with van der Waals surface area (Å²) in [6.45, 7) is 6.04. The highest BCUT2D eigenvalue weighted by molar-refractivity contribution is 5.92. The molecule has 1 fully saturated rings. The predicted octanol–water partition coefficient (Wildman–Crippen LogP) is 3.29. The molecule has 122 valence electrons. The molecule has 1 unspecified atom stereocenters. The third kappa shape index (κ3) is 3.62. The van der Waals surface area contributed by atoms with Gasteiger partial charge in [0.15, 0.2) is 0 Å². The quantitative estimate of drug-likeness (QED) is 0.869. The normalized spacial score (nSPS) is 18.2. The number of carbonyl (C=O) groups excluding carboxylic acids is 1. The van der Waals surface area contributed by atoms with Gasteiger partial charge in [0.05, 0.1) is 6.10 Å². The van der Waals surface area contributed by atoms with Gasteiger partial charge in [-0.1, -0.05) is 35.0 Å². The molecule has 23 heavy (non-hydrogen) atoms. The van der Waals surface area contributed by atoms with Gasteiger partial charge in [-0.15, -0.1) is 0 Å². The van der Waals surface area contributed by atoms with Crippen LogP contribution in [0.3, 0.4) is 0 Å². The van der Waals surface area contributed by atoms with Gasteiger partial charge in [-0.25, -0.2) is 0 Å². The number of aryl methyl sites for hydroxylation is 1. The van der Waals surface area contributed by atoms with E-state index in [9.17, 15) is 4.79 Å². The Hall–Kier alpha value is -2.14. The zero-order valence-corrected chi connectivity index (χ0v) is 13.6. The molecule has 0 N–H and O–H groups in total. The van der Waals surface area contributed by atoms with Gasteiger partial charge in [-0.05, 0) is 26.7 Å². The van der Waals surface area contributed by atoms with Crippen LogP contribution in [-0.4, -0.2) is 41.8 Å². The number of benzene rings is 1. The molecule has 2 aromatic rings. The second-order valence-electron chi connectivity index (χ2n) is 5.91. The third-order valence-corrected chi connectivity index (χ3v) is 4.14. The number of hydrogen-bond acceptors (Lipinski definition) is 4. The van der Waals surface area contributed by atoms with Crippen molar-refractivity contribution in [2.24, 2.45) is 0 Å². The first kappa shape index (κ1) is 15.7. The molecule has 1 aromatic carbocycles. The van der Waals surface area contributed by atoms with E-state index in [0.29, 0.717) is 18.8 Å². The number of piperidine rings is 1. The first-order valence-corrected chi connectivity index (χ1v) is 8.12. The van der Waals surface area contributed by atoms with E-state index in [1.54, 1.807) is 11.0 Å². The number of amides is 1. The Balaban J connectivity index is 1.72.